The van der Waals surface area contributed by atoms with Gasteiger partial charge in [-0.15, -0.1) is 0 Å². The maximum atomic E-state index is 2.51. The van der Waals surface area contributed by atoms with Crippen molar-refractivity contribution >= 4 is 7.28 Å². The zero-order valence-electron chi connectivity index (χ0n) is 11.4. The Balaban J connectivity index is 4.16. The highest BCUT2D eigenvalue weighted by molar-refractivity contribution is 6.38. The molecule has 0 aromatic heterocycles. The van der Waals surface area contributed by atoms with Crippen LogP contribution in [0.4, 0.5) is 0 Å². The molecule has 0 spiro atoms. The first-order valence-corrected chi connectivity index (χ1v) is 7.05. The Kier molecular flexibility index (Phi) is 9.34. The molecule has 0 aliphatic carbocycles. The summed E-state index contributed by atoms with van der Waals surface area (Å²) >= 11 is 0. The van der Waals surface area contributed by atoms with Crippen LogP contribution in [-0.2, 0) is 0 Å². The summed E-state index contributed by atoms with van der Waals surface area (Å²) in [6.07, 6.45) is 12.5. The van der Waals surface area contributed by atoms with Crippen LogP contribution in [0.5, 0.6) is 0 Å². The second-order valence-electron chi connectivity index (χ2n) is 4.96. The lowest BCUT2D eigenvalue weighted by Crippen LogP contribution is -2.19. The summed E-state index contributed by atoms with van der Waals surface area (Å²) < 4.78 is 0. The van der Waals surface area contributed by atoms with E-state index in [9.17, 15) is 0 Å². The normalized spacial score (nSPS) is 11.7. The van der Waals surface area contributed by atoms with Gasteiger partial charge >= 0.3 is 0 Å². The second kappa shape index (κ2) is 9.30. The molecular weight excluding hydrogens is 179 g/mol. The van der Waals surface area contributed by atoms with Crippen LogP contribution in [-0.4, -0.2) is 7.28 Å². The largest absolute Gasteiger partial charge is 0.114 e. The summed E-state index contributed by atoms with van der Waals surface area (Å²) in [7, 11) is 2.51. The molecule has 0 aromatic rings. The third-order valence-corrected chi connectivity index (χ3v) is 3.70. The van der Waals surface area contributed by atoms with Gasteiger partial charge in [-0.2, -0.15) is 0 Å². The predicted octanol–water partition coefficient (Wildman–Crippen LogP) is 5.47. The average molecular weight is 209 g/mol. The Morgan fingerprint density at radius 3 is 1.27 bits per heavy atom. The lowest BCUT2D eigenvalue weighted by Gasteiger charge is -2.33. The SMILES string of the molecule is C[B]C(CCCC)(CCCC)CCCC. The summed E-state index contributed by atoms with van der Waals surface area (Å²) in [6, 6.07) is 0. The van der Waals surface area contributed by atoms with Crippen LogP contribution < -0.4 is 0 Å². The van der Waals surface area contributed by atoms with Crippen LogP contribution in [0.3, 0.4) is 0 Å². The first kappa shape index (κ1) is 15.1. The van der Waals surface area contributed by atoms with Gasteiger partial charge in [-0.1, -0.05) is 90.7 Å². The molecule has 0 saturated heterocycles. The van der Waals surface area contributed by atoms with Gasteiger partial charge in [0.1, 0.15) is 7.28 Å². The molecule has 1 heteroatoms. The van der Waals surface area contributed by atoms with E-state index in [-0.39, 0.29) is 0 Å². The molecular formula is C14H30B. The Hall–Kier alpha value is 0.0649. The van der Waals surface area contributed by atoms with Crippen molar-refractivity contribution in [3.63, 3.8) is 0 Å². The molecule has 1 radical (unpaired) electrons. The zero-order chi connectivity index (χ0) is 11.6. The van der Waals surface area contributed by atoms with E-state index in [1.807, 2.05) is 0 Å². The Morgan fingerprint density at radius 2 is 1.07 bits per heavy atom. The minimum Gasteiger partial charge on any atom is -0.0914 e. The van der Waals surface area contributed by atoms with E-state index < -0.39 is 0 Å². The highest BCUT2D eigenvalue weighted by Gasteiger charge is 2.26. The van der Waals surface area contributed by atoms with Crippen molar-refractivity contribution in [2.75, 3.05) is 0 Å². The van der Waals surface area contributed by atoms with Crippen molar-refractivity contribution in [3.05, 3.63) is 0 Å². The van der Waals surface area contributed by atoms with E-state index in [1.165, 1.54) is 57.8 Å². The number of hydrogen-bond donors (Lipinski definition) is 0. The van der Waals surface area contributed by atoms with Crippen LogP contribution in [0.15, 0.2) is 0 Å². The lowest BCUT2D eigenvalue weighted by atomic mass is 9.48. The van der Waals surface area contributed by atoms with Gasteiger partial charge in [-0.25, -0.2) is 0 Å². The molecule has 0 fully saturated rings. The highest BCUT2D eigenvalue weighted by Crippen LogP contribution is 2.42. The Morgan fingerprint density at radius 1 is 0.733 bits per heavy atom. The molecule has 0 amide bonds. The first-order valence-electron chi connectivity index (χ1n) is 7.05. The molecule has 0 nitrogen and oxygen atoms in total. The van der Waals surface area contributed by atoms with Gasteiger partial charge in [-0.3, -0.25) is 0 Å². The highest BCUT2D eigenvalue weighted by atomic mass is 14.2. The van der Waals surface area contributed by atoms with Crippen LogP contribution >= 0.6 is 0 Å². The zero-order valence-corrected chi connectivity index (χ0v) is 11.4. The Bertz CT molecular complexity index is 110. The predicted molar refractivity (Wildman–Crippen MR) is 72.9 cm³/mol. The van der Waals surface area contributed by atoms with E-state index in [1.54, 1.807) is 0 Å². The minimum absolute atomic E-state index is 0.571. The average Bonchev–Trinajstić information content (AvgIpc) is 2.29. The molecule has 0 unspecified atom stereocenters. The number of rotatable bonds is 10. The third-order valence-electron chi connectivity index (χ3n) is 3.70. The van der Waals surface area contributed by atoms with Crippen LogP contribution in [0, 0.1) is 0 Å². The maximum Gasteiger partial charge on any atom is 0.114 e. The molecule has 0 rings (SSSR count). The molecule has 0 heterocycles. The molecule has 0 aliphatic heterocycles. The first-order chi connectivity index (χ1) is 7.24. The van der Waals surface area contributed by atoms with E-state index >= 15 is 0 Å². The standard InChI is InChI=1S/C14H30B/c1-5-8-11-14(15-4,12-9-6-2)13-10-7-3/h5-13H2,1-4H3. The molecule has 89 valence electrons. The maximum absolute atomic E-state index is 2.51. The molecule has 0 N–H and O–H groups in total. The Labute approximate surface area is 98.5 Å². The van der Waals surface area contributed by atoms with Gasteiger partial charge in [0, 0.05) is 0 Å². The van der Waals surface area contributed by atoms with E-state index in [0.717, 1.165) is 0 Å². The topological polar surface area (TPSA) is 0 Å². The van der Waals surface area contributed by atoms with Gasteiger partial charge in [-0.05, 0) is 0 Å². The van der Waals surface area contributed by atoms with Crippen LogP contribution in [0.25, 0.3) is 0 Å². The van der Waals surface area contributed by atoms with Gasteiger partial charge in [0.2, 0.25) is 0 Å². The van der Waals surface area contributed by atoms with Crippen LogP contribution in [0.2, 0.25) is 12.1 Å². The molecule has 0 saturated carbocycles. The van der Waals surface area contributed by atoms with Crippen molar-refractivity contribution in [3.8, 4) is 0 Å². The summed E-state index contributed by atoms with van der Waals surface area (Å²) in [4.78, 5) is 0. The summed E-state index contributed by atoms with van der Waals surface area (Å²) in [5.41, 5.74) is 0. The van der Waals surface area contributed by atoms with Gasteiger partial charge in [0.05, 0.1) is 0 Å². The number of hydrogen-bond acceptors (Lipinski definition) is 0. The van der Waals surface area contributed by atoms with Crippen molar-refractivity contribution < 1.29 is 0 Å². The molecule has 0 bridgehead atoms. The van der Waals surface area contributed by atoms with Crippen LogP contribution in [0.1, 0.15) is 78.6 Å². The summed E-state index contributed by atoms with van der Waals surface area (Å²) in [5.74, 6) is 0. The van der Waals surface area contributed by atoms with Crippen molar-refractivity contribution in [2.24, 2.45) is 0 Å². The fourth-order valence-electron chi connectivity index (χ4n) is 2.39. The molecule has 0 aliphatic rings. The van der Waals surface area contributed by atoms with Gasteiger partial charge < -0.3 is 0 Å². The van der Waals surface area contributed by atoms with Crippen molar-refractivity contribution in [1.29, 1.82) is 0 Å². The smallest absolute Gasteiger partial charge is 0.0914 e. The fraction of sp³-hybridized carbons (Fsp3) is 1.00. The molecule has 0 aromatic carbocycles. The molecule has 0 atom stereocenters. The van der Waals surface area contributed by atoms with Gasteiger partial charge in [0.15, 0.2) is 0 Å². The second-order valence-corrected chi connectivity index (χ2v) is 4.96. The lowest BCUT2D eigenvalue weighted by molar-refractivity contribution is 0.399. The fourth-order valence-corrected chi connectivity index (χ4v) is 2.39. The van der Waals surface area contributed by atoms with E-state index in [4.69, 9.17) is 0 Å². The number of unbranched alkanes of at least 4 members (excludes halogenated alkanes) is 3. The van der Waals surface area contributed by atoms with E-state index in [0.29, 0.717) is 5.31 Å². The summed E-state index contributed by atoms with van der Waals surface area (Å²) in [5, 5.41) is 0.571. The summed E-state index contributed by atoms with van der Waals surface area (Å²) in [6.45, 7) is 9.20. The van der Waals surface area contributed by atoms with Crippen molar-refractivity contribution in [2.45, 2.75) is 90.7 Å². The van der Waals surface area contributed by atoms with E-state index in [2.05, 4.69) is 34.9 Å². The monoisotopic (exact) mass is 209 g/mol. The minimum atomic E-state index is 0.571. The molecule has 15 heavy (non-hydrogen) atoms. The van der Waals surface area contributed by atoms with Crippen molar-refractivity contribution in [1.82, 2.24) is 0 Å². The third kappa shape index (κ3) is 6.27. The quantitative estimate of drug-likeness (QED) is 0.418. The van der Waals surface area contributed by atoms with Gasteiger partial charge in [0.25, 0.3) is 0 Å².